The third-order valence-corrected chi connectivity index (χ3v) is 3.19. The molecular formula is C12H17N5O. The van der Waals surface area contributed by atoms with Gasteiger partial charge in [-0.2, -0.15) is 0 Å². The van der Waals surface area contributed by atoms with Crippen molar-refractivity contribution in [3.8, 4) is 0 Å². The molecule has 0 amide bonds. The molecule has 0 bridgehead atoms. The fraction of sp³-hybridized carbons (Fsp3) is 0.500. The smallest absolute Gasteiger partial charge is 0.142 e. The van der Waals surface area contributed by atoms with Crippen LogP contribution in [0.1, 0.15) is 0 Å². The first-order chi connectivity index (χ1) is 8.83. The minimum Gasteiger partial charge on any atom is -0.374 e. The van der Waals surface area contributed by atoms with E-state index in [0.717, 1.165) is 43.1 Å². The van der Waals surface area contributed by atoms with Gasteiger partial charge in [-0.25, -0.2) is 9.97 Å². The van der Waals surface area contributed by atoms with Crippen molar-refractivity contribution in [1.82, 2.24) is 19.9 Å². The minimum absolute atomic E-state index is 0.215. The van der Waals surface area contributed by atoms with Gasteiger partial charge in [0.15, 0.2) is 0 Å². The van der Waals surface area contributed by atoms with E-state index in [1.165, 1.54) is 0 Å². The zero-order valence-electron chi connectivity index (χ0n) is 10.4. The molecule has 1 fully saturated rings. The Morgan fingerprint density at radius 1 is 1.56 bits per heavy atom. The number of anilines is 1. The van der Waals surface area contributed by atoms with Gasteiger partial charge < -0.3 is 19.9 Å². The molecule has 0 radical (unpaired) electrons. The molecule has 1 aliphatic rings. The number of fused-ring (bicyclic) bond motifs is 1. The Morgan fingerprint density at radius 2 is 2.50 bits per heavy atom. The molecule has 3 heterocycles. The second-order valence-corrected chi connectivity index (χ2v) is 4.60. The van der Waals surface area contributed by atoms with E-state index >= 15 is 0 Å². The minimum atomic E-state index is 0.215. The summed E-state index contributed by atoms with van der Waals surface area (Å²) in [6, 6.07) is 1.98. The lowest BCUT2D eigenvalue weighted by molar-refractivity contribution is -0.0117. The number of H-pyrrole nitrogens is 1. The van der Waals surface area contributed by atoms with E-state index in [-0.39, 0.29) is 6.10 Å². The second-order valence-electron chi connectivity index (χ2n) is 4.60. The van der Waals surface area contributed by atoms with Gasteiger partial charge in [0.2, 0.25) is 0 Å². The standard InChI is InChI=1S/C12H17N5O/c1-17-4-5-18-9(7-17)6-14-12-10-2-3-13-11(10)15-8-16-12/h2-3,8-9H,4-7H2,1H3,(H2,13,14,15,16). The average molecular weight is 247 g/mol. The topological polar surface area (TPSA) is 66.1 Å². The molecule has 0 aromatic carbocycles. The van der Waals surface area contributed by atoms with Crippen LogP contribution in [0.5, 0.6) is 0 Å². The summed E-state index contributed by atoms with van der Waals surface area (Å²) in [5.41, 5.74) is 0.856. The number of morpholine rings is 1. The fourth-order valence-corrected chi connectivity index (χ4v) is 2.21. The number of ether oxygens (including phenoxy) is 1. The number of hydrogen-bond acceptors (Lipinski definition) is 5. The Hall–Kier alpha value is -1.66. The fourth-order valence-electron chi connectivity index (χ4n) is 2.21. The molecule has 3 rings (SSSR count). The van der Waals surface area contributed by atoms with Gasteiger partial charge in [0.05, 0.1) is 18.1 Å². The number of rotatable bonds is 3. The van der Waals surface area contributed by atoms with Gasteiger partial charge >= 0.3 is 0 Å². The number of nitrogens with one attached hydrogen (secondary N) is 2. The van der Waals surface area contributed by atoms with E-state index in [9.17, 15) is 0 Å². The highest BCUT2D eigenvalue weighted by atomic mass is 16.5. The average Bonchev–Trinajstić information content (AvgIpc) is 2.85. The predicted octanol–water partition coefficient (Wildman–Crippen LogP) is 0.700. The molecule has 1 unspecified atom stereocenters. The number of nitrogens with zero attached hydrogens (tertiary/aromatic N) is 3. The van der Waals surface area contributed by atoms with E-state index in [0.29, 0.717) is 0 Å². The van der Waals surface area contributed by atoms with Gasteiger partial charge in [-0.3, -0.25) is 0 Å². The van der Waals surface area contributed by atoms with Crippen molar-refractivity contribution in [3.05, 3.63) is 18.6 Å². The first kappa shape index (κ1) is 11.4. The van der Waals surface area contributed by atoms with Crippen LogP contribution in [0.15, 0.2) is 18.6 Å². The summed E-state index contributed by atoms with van der Waals surface area (Å²) >= 11 is 0. The molecule has 1 saturated heterocycles. The summed E-state index contributed by atoms with van der Waals surface area (Å²) in [4.78, 5) is 13.8. The second kappa shape index (κ2) is 4.91. The first-order valence-corrected chi connectivity index (χ1v) is 6.15. The molecule has 0 saturated carbocycles. The molecule has 2 N–H and O–H groups in total. The van der Waals surface area contributed by atoms with Crippen LogP contribution < -0.4 is 5.32 Å². The van der Waals surface area contributed by atoms with E-state index < -0.39 is 0 Å². The zero-order chi connectivity index (χ0) is 12.4. The van der Waals surface area contributed by atoms with Gasteiger partial charge in [-0.05, 0) is 13.1 Å². The van der Waals surface area contributed by atoms with Crippen LogP contribution in [0.2, 0.25) is 0 Å². The summed E-state index contributed by atoms with van der Waals surface area (Å²) < 4.78 is 5.71. The lowest BCUT2D eigenvalue weighted by Gasteiger charge is -2.30. The first-order valence-electron chi connectivity index (χ1n) is 6.15. The summed E-state index contributed by atoms with van der Waals surface area (Å²) in [6.07, 6.45) is 3.65. The highest BCUT2D eigenvalue weighted by Crippen LogP contribution is 2.17. The third kappa shape index (κ3) is 2.30. The predicted molar refractivity (Wildman–Crippen MR) is 69.6 cm³/mol. The molecule has 1 atom stereocenters. The van der Waals surface area contributed by atoms with Crippen molar-refractivity contribution in [1.29, 1.82) is 0 Å². The van der Waals surface area contributed by atoms with E-state index in [2.05, 4.69) is 32.2 Å². The Kier molecular flexibility index (Phi) is 3.12. The van der Waals surface area contributed by atoms with Crippen molar-refractivity contribution in [2.75, 3.05) is 38.6 Å². The number of likely N-dealkylation sites (N-methyl/N-ethyl adjacent to an activating group) is 1. The third-order valence-electron chi connectivity index (χ3n) is 3.19. The van der Waals surface area contributed by atoms with Crippen LogP contribution in [-0.2, 0) is 4.74 Å². The van der Waals surface area contributed by atoms with Crippen LogP contribution in [0.25, 0.3) is 11.0 Å². The maximum Gasteiger partial charge on any atom is 0.142 e. The Balaban J connectivity index is 1.67. The van der Waals surface area contributed by atoms with Crippen molar-refractivity contribution in [3.63, 3.8) is 0 Å². The highest BCUT2D eigenvalue weighted by Gasteiger charge is 2.17. The Bertz CT molecular complexity index is 526. The van der Waals surface area contributed by atoms with E-state index in [1.807, 2.05) is 12.3 Å². The molecule has 0 aliphatic carbocycles. The van der Waals surface area contributed by atoms with Crippen molar-refractivity contribution >= 4 is 16.9 Å². The zero-order valence-corrected chi connectivity index (χ0v) is 10.4. The normalized spacial score (nSPS) is 21.3. The molecule has 2 aromatic heterocycles. The van der Waals surface area contributed by atoms with Crippen LogP contribution in [0.4, 0.5) is 5.82 Å². The molecule has 96 valence electrons. The molecule has 1 aliphatic heterocycles. The SMILES string of the molecule is CN1CCOC(CNc2ncnc3[nH]ccc23)C1. The maximum absolute atomic E-state index is 5.71. The quantitative estimate of drug-likeness (QED) is 0.836. The molecular weight excluding hydrogens is 230 g/mol. The highest BCUT2D eigenvalue weighted by molar-refractivity contribution is 5.86. The van der Waals surface area contributed by atoms with Crippen LogP contribution in [0.3, 0.4) is 0 Å². The monoisotopic (exact) mass is 247 g/mol. The molecule has 0 spiro atoms. The number of aromatic nitrogens is 3. The largest absolute Gasteiger partial charge is 0.374 e. The Morgan fingerprint density at radius 3 is 3.39 bits per heavy atom. The number of hydrogen-bond donors (Lipinski definition) is 2. The number of aromatic amines is 1. The molecule has 6 nitrogen and oxygen atoms in total. The summed E-state index contributed by atoms with van der Waals surface area (Å²) in [7, 11) is 2.12. The van der Waals surface area contributed by atoms with E-state index in [4.69, 9.17) is 4.74 Å². The van der Waals surface area contributed by atoms with Crippen molar-refractivity contribution < 1.29 is 4.74 Å². The van der Waals surface area contributed by atoms with Gasteiger partial charge in [0.1, 0.15) is 17.8 Å². The van der Waals surface area contributed by atoms with Gasteiger partial charge in [0, 0.05) is 25.8 Å². The molecule has 18 heavy (non-hydrogen) atoms. The van der Waals surface area contributed by atoms with Gasteiger partial charge in [0.25, 0.3) is 0 Å². The lowest BCUT2D eigenvalue weighted by Crippen LogP contribution is -2.43. The van der Waals surface area contributed by atoms with E-state index in [1.54, 1.807) is 6.33 Å². The molecule has 2 aromatic rings. The van der Waals surface area contributed by atoms with Gasteiger partial charge in [-0.15, -0.1) is 0 Å². The van der Waals surface area contributed by atoms with Crippen LogP contribution in [0, 0.1) is 0 Å². The maximum atomic E-state index is 5.71. The Labute approximate surface area is 105 Å². The van der Waals surface area contributed by atoms with Gasteiger partial charge in [-0.1, -0.05) is 0 Å². The van der Waals surface area contributed by atoms with Crippen molar-refractivity contribution in [2.24, 2.45) is 0 Å². The summed E-state index contributed by atoms with van der Waals surface area (Å²) in [5.74, 6) is 0.859. The van der Waals surface area contributed by atoms with Crippen molar-refractivity contribution in [2.45, 2.75) is 6.10 Å². The molecule has 6 heteroatoms. The van der Waals surface area contributed by atoms with Crippen LogP contribution >= 0.6 is 0 Å². The summed E-state index contributed by atoms with van der Waals surface area (Å²) in [5, 5.41) is 4.36. The lowest BCUT2D eigenvalue weighted by atomic mass is 10.2. The summed E-state index contributed by atoms with van der Waals surface area (Å²) in [6.45, 7) is 3.52. The van der Waals surface area contributed by atoms with Crippen LogP contribution in [-0.4, -0.2) is 59.2 Å².